The maximum atomic E-state index is 13.8. The number of aliphatic carboxylic acids is 1. The maximum Gasteiger partial charge on any atom is 0.335 e. The molecule has 0 bridgehead atoms. The summed E-state index contributed by atoms with van der Waals surface area (Å²) in [6.45, 7) is 0. The van der Waals surface area contributed by atoms with Gasteiger partial charge in [0.05, 0.1) is 21.9 Å². The summed E-state index contributed by atoms with van der Waals surface area (Å²) in [5, 5.41) is 24.8. The number of nitrogens with zero attached hydrogens (tertiary/aromatic N) is 1. The topological polar surface area (TPSA) is 170 Å². The molecule has 4 N–H and O–H groups in total. The fourth-order valence-electron chi connectivity index (χ4n) is 7.18. The summed E-state index contributed by atoms with van der Waals surface area (Å²) in [5.41, 5.74) is 4.55. The largest absolute Gasteiger partial charge is 0.481 e. The number of carbonyl (C=O) groups excluding carboxylic acids is 2. The molecule has 53 heavy (non-hydrogen) atoms. The number of hydrogen-bond donors (Lipinski definition) is 4. The minimum atomic E-state index is -3.96. The van der Waals surface area contributed by atoms with Gasteiger partial charge in [-0.25, -0.2) is 13.2 Å². The predicted octanol–water partition coefficient (Wildman–Crippen LogP) is 7.27. The normalized spacial score (nSPS) is 17.2. The molecular weight excluding hydrogens is 715 g/mol. The fraction of sp³-hybridized carbons (Fsp3) is 0.350. The van der Waals surface area contributed by atoms with Gasteiger partial charge in [-0.1, -0.05) is 30.3 Å². The van der Waals surface area contributed by atoms with Gasteiger partial charge < -0.3 is 20.8 Å². The number of hydrogen-bond acceptors (Lipinski definition) is 7. The molecule has 1 heterocycles. The van der Waals surface area contributed by atoms with Gasteiger partial charge >= 0.3 is 11.9 Å². The highest BCUT2D eigenvalue weighted by Crippen LogP contribution is 2.39. The number of rotatable bonds is 13. The van der Waals surface area contributed by atoms with Crippen LogP contribution in [0.1, 0.15) is 97.6 Å². The molecular formula is C40H43N3O8S2. The van der Waals surface area contributed by atoms with Crippen LogP contribution in [0.2, 0.25) is 0 Å². The van der Waals surface area contributed by atoms with Crippen LogP contribution in [0.3, 0.4) is 0 Å². The molecule has 2 amide bonds. The zero-order valence-corrected chi connectivity index (χ0v) is 31.1. The molecule has 2 aliphatic rings. The standard InChI is InChI=1S/C40H43N3O8S2/c1-43(31-22-18-28(19-23-31)40(48)49)53(50,51)32-9-5-8-29(24-32)36(44)42-38-35(33-10-2-3-11-34(33)52-38)37(45)41-30-20-14-26(15-21-30)7-4-6-25-12-16-27(17-13-25)39(46)47/h5,8-9,12-17,20-21,24,28,31H,2-4,6-7,10-11,18-19,22-23H2,1H3,(H,41,45)(H,42,44)(H,46,47)(H,48,49). The average Bonchev–Trinajstić information content (AvgIpc) is 3.53. The van der Waals surface area contributed by atoms with Crippen molar-refractivity contribution in [1.29, 1.82) is 0 Å². The number of carboxylic acids is 2. The van der Waals surface area contributed by atoms with Gasteiger partial charge in [-0.3, -0.25) is 14.4 Å². The second-order valence-electron chi connectivity index (χ2n) is 13.8. The quantitative estimate of drug-likeness (QED) is 0.110. The number of benzene rings is 3. The van der Waals surface area contributed by atoms with Crippen LogP contribution < -0.4 is 10.6 Å². The van der Waals surface area contributed by atoms with Gasteiger partial charge in [-0.2, -0.15) is 4.31 Å². The Morgan fingerprint density at radius 1 is 0.792 bits per heavy atom. The van der Waals surface area contributed by atoms with E-state index in [1.54, 1.807) is 12.1 Å². The molecule has 0 saturated heterocycles. The van der Waals surface area contributed by atoms with E-state index in [0.29, 0.717) is 41.9 Å². The predicted molar refractivity (Wildman–Crippen MR) is 204 cm³/mol. The van der Waals surface area contributed by atoms with Gasteiger partial charge in [-0.05, 0) is 130 Å². The van der Waals surface area contributed by atoms with Gasteiger partial charge in [0.1, 0.15) is 5.00 Å². The van der Waals surface area contributed by atoms with E-state index in [4.69, 9.17) is 5.11 Å². The van der Waals surface area contributed by atoms with Crippen LogP contribution in [0.4, 0.5) is 10.7 Å². The molecule has 1 aromatic heterocycles. The first-order valence-electron chi connectivity index (χ1n) is 17.9. The van der Waals surface area contributed by atoms with E-state index >= 15 is 0 Å². The number of anilines is 2. The molecule has 0 spiro atoms. The SMILES string of the molecule is CN(C1CCC(C(=O)O)CC1)S(=O)(=O)c1cccc(C(=O)Nc2sc3c(c2C(=O)Nc2ccc(CCCc4ccc(C(=O)O)cc4)cc2)CCCC3)c1. The molecule has 11 nitrogen and oxygen atoms in total. The van der Waals surface area contributed by atoms with Crippen molar-refractivity contribution in [2.24, 2.45) is 5.92 Å². The first-order valence-corrected chi connectivity index (χ1v) is 20.2. The van der Waals surface area contributed by atoms with Crippen molar-refractivity contribution in [2.45, 2.75) is 81.6 Å². The first kappa shape index (κ1) is 37.9. The summed E-state index contributed by atoms with van der Waals surface area (Å²) in [4.78, 5) is 51.0. The lowest BCUT2D eigenvalue weighted by atomic mass is 9.86. The van der Waals surface area contributed by atoms with Crippen LogP contribution in [0.5, 0.6) is 0 Å². The summed E-state index contributed by atoms with van der Waals surface area (Å²) in [6, 6.07) is 20.0. The molecule has 1 fully saturated rings. The van der Waals surface area contributed by atoms with E-state index in [2.05, 4.69) is 10.6 Å². The Labute approximate surface area is 313 Å². The summed E-state index contributed by atoms with van der Waals surface area (Å²) in [6.07, 6.45) is 7.65. The average molecular weight is 758 g/mol. The molecule has 1 saturated carbocycles. The highest BCUT2D eigenvalue weighted by Gasteiger charge is 2.34. The van der Waals surface area contributed by atoms with Gasteiger partial charge in [0.25, 0.3) is 11.8 Å². The zero-order valence-electron chi connectivity index (χ0n) is 29.5. The lowest BCUT2D eigenvalue weighted by Crippen LogP contribution is -2.40. The fourth-order valence-corrected chi connectivity index (χ4v) is 9.92. The van der Waals surface area contributed by atoms with Crippen molar-refractivity contribution in [1.82, 2.24) is 4.31 Å². The van der Waals surface area contributed by atoms with E-state index in [-0.39, 0.29) is 28.0 Å². The number of carboxylic acid groups (broad SMARTS) is 2. The minimum absolute atomic E-state index is 0.0331. The summed E-state index contributed by atoms with van der Waals surface area (Å²) < 4.78 is 28.5. The van der Waals surface area contributed by atoms with Crippen molar-refractivity contribution in [3.8, 4) is 0 Å². The minimum Gasteiger partial charge on any atom is -0.481 e. The monoisotopic (exact) mass is 757 g/mol. The molecule has 278 valence electrons. The Balaban J connectivity index is 1.11. The Morgan fingerprint density at radius 2 is 1.43 bits per heavy atom. The van der Waals surface area contributed by atoms with Crippen LogP contribution in [0.15, 0.2) is 77.7 Å². The van der Waals surface area contributed by atoms with Gasteiger partial charge in [0, 0.05) is 29.2 Å². The van der Waals surface area contributed by atoms with E-state index < -0.39 is 33.8 Å². The third-order valence-corrected chi connectivity index (χ3v) is 13.4. The lowest BCUT2D eigenvalue weighted by Gasteiger charge is -2.32. The van der Waals surface area contributed by atoms with E-state index in [1.807, 2.05) is 36.4 Å². The number of fused-ring (bicyclic) bond motifs is 1. The molecule has 2 aliphatic carbocycles. The number of sulfonamides is 1. The molecule has 3 aromatic carbocycles. The van der Waals surface area contributed by atoms with Crippen LogP contribution in [0, 0.1) is 5.92 Å². The van der Waals surface area contributed by atoms with Crippen molar-refractivity contribution in [2.75, 3.05) is 17.7 Å². The first-order chi connectivity index (χ1) is 25.4. The summed E-state index contributed by atoms with van der Waals surface area (Å²) >= 11 is 1.38. The highest BCUT2D eigenvalue weighted by atomic mass is 32.2. The van der Waals surface area contributed by atoms with E-state index in [9.17, 15) is 32.7 Å². The number of aromatic carboxylic acids is 1. The van der Waals surface area contributed by atoms with Crippen molar-refractivity contribution >= 4 is 55.8 Å². The molecule has 0 aliphatic heterocycles. The van der Waals surface area contributed by atoms with Gasteiger partial charge in [0.2, 0.25) is 10.0 Å². The number of amides is 2. The third kappa shape index (κ3) is 8.86. The highest BCUT2D eigenvalue weighted by molar-refractivity contribution is 7.89. The molecule has 4 aromatic rings. The second-order valence-corrected chi connectivity index (χ2v) is 16.9. The zero-order chi connectivity index (χ0) is 37.7. The summed E-state index contributed by atoms with van der Waals surface area (Å²) in [5.74, 6) is -3.12. The Hall–Kier alpha value is -4.85. The molecule has 0 radical (unpaired) electrons. The Kier molecular flexibility index (Phi) is 11.8. The second kappa shape index (κ2) is 16.4. The number of aryl methyl sites for hydroxylation is 3. The molecule has 13 heteroatoms. The third-order valence-electron chi connectivity index (χ3n) is 10.3. The molecule has 0 unspecified atom stereocenters. The van der Waals surface area contributed by atoms with Crippen LogP contribution in [-0.4, -0.2) is 59.8 Å². The van der Waals surface area contributed by atoms with Crippen LogP contribution in [0.25, 0.3) is 0 Å². The Morgan fingerprint density at radius 3 is 2.08 bits per heavy atom. The Bertz CT molecular complexity index is 2100. The van der Waals surface area contributed by atoms with E-state index in [0.717, 1.165) is 66.5 Å². The summed E-state index contributed by atoms with van der Waals surface area (Å²) in [7, 11) is -2.47. The number of carbonyl (C=O) groups is 4. The van der Waals surface area contributed by atoms with Gasteiger partial charge in [0.15, 0.2) is 0 Å². The molecule has 6 rings (SSSR count). The molecule has 0 atom stereocenters. The van der Waals surface area contributed by atoms with Crippen molar-refractivity contribution in [3.63, 3.8) is 0 Å². The van der Waals surface area contributed by atoms with Crippen LogP contribution >= 0.6 is 11.3 Å². The maximum absolute atomic E-state index is 13.8. The smallest absolute Gasteiger partial charge is 0.335 e. The number of nitrogens with one attached hydrogen (secondary N) is 2. The van der Waals surface area contributed by atoms with Crippen molar-refractivity contribution in [3.05, 3.63) is 111 Å². The van der Waals surface area contributed by atoms with Gasteiger partial charge in [-0.15, -0.1) is 11.3 Å². The lowest BCUT2D eigenvalue weighted by molar-refractivity contribution is -0.143. The van der Waals surface area contributed by atoms with Crippen LogP contribution in [-0.2, 0) is 40.5 Å². The van der Waals surface area contributed by atoms with E-state index in [1.165, 1.54) is 47.0 Å². The van der Waals surface area contributed by atoms with Crippen molar-refractivity contribution < 1.29 is 37.8 Å². The number of thiophene rings is 1.